The first-order chi connectivity index (χ1) is 16.0. The van der Waals surface area contributed by atoms with Gasteiger partial charge in [0.2, 0.25) is 5.91 Å². The van der Waals surface area contributed by atoms with Gasteiger partial charge >= 0.3 is 0 Å². The third kappa shape index (κ3) is 6.33. The molecule has 2 atom stereocenters. The number of amides is 3. The number of nitrogens with one attached hydrogen (secondary N) is 2. The minimum Gasteiger partial charge on any atom is -0.379 e. The maximum Gasteiger partial charge on any atom is 0.262 e. The zero-order valence-corrected chi connectivity index (χ0v) is 19.7. The SMILES string of the molecule is CC(CNC(=O)c1ccc(NC(=O)CC2SC(N3CCCC3)=NC2=O)cc1)N1CCOCC1. The molecule has 2 N–H and O–H groups in total. The van der Waals surface area contributed by atoms with E-state index in [-0.39, 0.29) is 30.2 Å². The number of aliphatic imine (C=N–C) groups is 1. The third-order valence-electron chi connectivity index (χ3n) is 6.13. The van der Waals surface area contributed by atoms with Crippen LogP contribution in [-0.4, -0.2) is 89.9 Å². The molecule has 3 aliphatic rings. The first-order valence-electron chi connectivity index (χ1n) is 11.5. The molecule has 4 rings (SSSR count). The van der Waals surface area contributed by atoms with Gasteiger partial charge in [0, 0.05) is 56.4 Å². The summed E-state index contributed by atoms with van der Waals surface area (Å²) >= 11 is 1.38. The molecule has 1 aromatic rings. The van der Waals surface area contributed by atoms with Gasteiger partial charge in [0.1, 0.15) is 5.25 Å². The Bertz CT molecular complexity index is 895. The molecule has 0 bridgehead atoms. The molecule has 0 aliphatic carbocycles. The lowest BCUT2D eigenvalue weighted by molar-refractivity contribution is -0.121. The van der Waals surface area contributed by atoms with Crippen molar-refractivity contribution in [2.24, 2.45) is 4.99 Å². The number of benzene rings is 1. The smallest absolute Gasteiger partial charge is 0.262 e. The van der Waals surface area contributed by atoms with Crippen LogP contribution in [0.15, 0.2) is 29.3 Å². The summed E-state index contributed by atoms with van der Waals surface area (Å²) in [4.78, 5) is 45.7. The summed E-state index contributed by atoms with van der Waals surface area (Å²) < 4.78 is 5.37. The van der Waals surface area contributed by atoms with Crippen LogP contribution in [-0.2, 0) is 14.3 Å². The summed E-state index contributed by atoms with van der Waals surface area (Å²) in [6.45, 7) is 7.71. The first-order valence-corrected chi connectivity index (χ1v) is 12.4. The van der Waals surface area contributed by atoms with Crippen LogP contribution >= 0.6 is 11.8 Å². The standard InChI is InChI=1S/C23H31N5O4S/c1-16(27-10-12-32-13-11-27)15-24-21(30)17-4-6-18(7-5-17)25-20(29)14-19-22(31)26-23(33-19)28-8-2-3-9-28/h4-7,16,19H,2-3,8-15H2,1H3,(H,24,30)(H,25,29). The molecule has 9 nitrogen and oxygen atoms in total. The van der Waals surface area contributed by atoms with Crippen LogP contribution in [0.4, 0.5) is 5.69 Å². The second kappa shape index (κ2) is 11.1. The van der Waals surface area contributed by atoms with Crippen molar-refractivity contribution in [3.63, 3.8) is 0 Å². The van der Waals surface area contributed by atoms with Crippen LogP contribution in [0.5, 0.6) is 0 Å². The Hall–Kier alpha value is -2.43. The monoisotopic (exact) mass is 473 g/mol. The summed E-state index contributed by atoms with van der Waals surface area (Å²) in [5.74, 6) is -0.627. The third-order valence-corrected chi connectivity index (χ3v) is 7.35. The highest BCUT2D eigenvalue weighted by molar-refractivity contribution is 8.15. The van der Waals surface area contributed by atoms with Crippen LogP contribution in [0.2, 0.25) is 0 Å². The lowest BCUT2D eigenvalue weighted by Crippen LogP contribution is -2.47. The molecule has 3 aliphatic heterocycles. The van der Waals surface area contributed by atoms with Gasteiger partial charge in [-0.2, -0.15) is 4.99 Å². The molecule has 0 spiro atoms. The highest BCUT2D eigenvalue weighted by Gasteiger charge is 2.33. The number of likely N-dealkylation sites (tertiary alicyclic amines) is 1. The Morgan fingerprint density at radius 2 is 1.85 bits per heavy atom. The zero-order chi connectivity index (χ0) is 23.2. The molecule has 0 aromatic heterocycles. The molecule has 0 radical (unpaired) electrons. The number of rotatable bonds is 7. The molecule has 0 saturated carbocycles. The summed E-state index contributed by atoms with van der Waals surface area (Å²) in [6, 6.07) is 7.02. The van der Waals surface area contributed by atoms with Gasteiger partial charge < -0.3 is 20.3 Å². The van der Waals surface area contributed by atoms with Gasteiger partial charge in [-0.3, -0.25) is 19.3 Å². The molecular weight excluding hydrogens is 442 g/mol. The Balaban J connectivity index is 1.21. The predicted molar refractivity (Wildman–Crippen MR) is 129 cm³/mol. The van der Waals surface area contributed by atoms with Crippen molar-refractivity contribution < 1.29 is 19.1 Å². The average molecular weight is 474 g/mol. The summed E-state index contributed by atoms with van der Waals surface area (Å²) in [7, 11) is 0. The molecule has 3 amide bonds. The number of morpholine rings is 1. The van der Waals surface area contributed by atoms with Crippen LogP contribution in [0.25, 0.3) is 0 Å². The number of hydrogen-bond donors (Lipinski definition) is 2. The average Bonchev–Trinajstić information content (AvgIpc) is 3.48. The van der Waals surface area contributed by atoms with Gasteiger partial charge in [-0.05, 0) is 44.0 Å². The van der Waals surface area contributed by atoms with Crippen molar-refractivity contribution in [3.8, 4) is 0 Å². The summed E-state index contributed by atoms with van der Waals surface area (Å²) in [6.07, 6.45) is 2.30. The van der Waals surface area contributed by atoms with Crippen molar-refractivity contribution in [2.75, 3.05) is 51.3 Å². The molecule has 33 heavy (non-hydrogen) atoms. The lowest BCUT2D eigenvalue weighted by Gasteiger charge is -2.32. The minimum absolute atomic E-state index is 0.0754. The van der Waals surface area contributed by atoms with Gasteiger partial charge in [0.25, 0.3) is 11.8 Å². The van der Waals surface area contributed by atoms with Gasteiger partial charge in [-0.15, -0.1) is 0 Å². The molecule has 10 heteroatoms. The van der Waals surface area contributed by atoms with Crippen molar-refractivity contribution >= 4 is 40.3 Å². The molecule has 1 aromatic carbocycles. The Morgan fingerprint density at radius 1 is 1.15 bits per heavy atom. The topological polar surface area (TPSA) is 103 Å². The number of anilines is 1. The van der Waals surface area contributed by atoms with Gasteiger partial charge in [-0.1, -0.05) is 11.8 Å². The number of hydrogen-bond acceptors (Lipinski definition) is 7. The highest BCUT2D eigenvalue weighted by Crippen LogP contribution is 2.29. The van der Waals surface area contributed by atoms with E-state index >= 15 is 0 Å². The Morgan fingerprint density at radius 3 is 2.55 bits per heavy atom. The van der Waals surface area contributed by atoms with Gasteiger partial charge in [0.15, 0.2) is 5.17 Å². The second-order valence-electron chi connectivity index (χ2n) is 8.57. The van der Waals surface area contributed by atoms with Crippen molar-refractivity contribution in [2.45, 2.75) is 37.5 Å². The van der Waals surface area contributed by atoms with E-state index in [1.54, 1.807) is 24.3 Å². The first kappa shape index (κ1) is 23.7. The van der Waals surface area contributed by atoms with E-state index in [1.165, 1.54) is 11.8 Å². The van der Waals surface area contributed by atoms with Crippen LogP contribution in [0.1, 0.15) is 36.5 Å². The number of nitrogens with zero attached hydrogens (tertiary/aromatic N) is 3. The largest absolute Gasteiger partial charge is 0.379 e. The van der Waals surface area contributed by atoms with Crippen molar-refractivity contribution in [3.05, 3.63) is 29.8 Å². The van der Waals surface area contributed by atoms with Gasteiger partial charge in [-0.25, -0.2) is 0 Å². The number of carbonyl (C=O) groups excluding carboxylic acids is 3. The molecular formula is C23H31N5O4S. The highest BCUT2D eigenvalue weighted by atomic mass is 32.2. The van der Waals surface area contributed by atoms with Crippen LogP contribution < -0.4 is 10.6 Å². The summed E-state index contributed by atoms with van der Waals surface area (Å²) in [5, 5.41) is 6.06. The molecule has 2 fully saturated rings. The Labute approximate surface area is 198 Å². The lowest BCUT2D eigenvalue weighted by atomic mass is 10.1. The molecule has 2 saturated heterocycles. The fourth-order valence-corrected chi connectivity index (χ4v) is 5.25. The molecule has 178 valence electrons. The minimum atomic E-state index is -0.473. The normalized spacial score (nSPS) is 22.2. The van der Waals surface area contributed by atoms with E-state index in [1.807, 2.05) is 0 Å². The Kier molecular flexibility index (Phi) is 8.00. The maximum atomic E-state index is 12.5. The van der Waals surface area contributed by atoms with Crippen LogP contribution in [0.3, 0.4) is 0 Å². The zero-order valence-electron chi connectivity index (χ0n) is 18.9. The van der Waals surface area contributed by atoms with Crippen molar-refractivity contribution in [1.29, 1.82) is 0 Å². The summed E-state index contributed by atoms with van der Waals surface area (Å²) in [5.41, 5.74) is 1.13. The van der Waals surface area contributed by atoms with Gasteiger partial charge in [0.05, 0.1) is 13.2 Å². The number of ether oxygens (including phenoxy) is 1. The van der Waals surface area contributed by atoms with Crippen LogP contribution in [0, 0.1) is 0 Å². The second-order valence-corrected chi connectivity index (χ2v) is 9.74. The number of amidine groups is 1. The number of carbonyl (C=O) groups is 3. The fraction of sp³-hybridized carbons (Fsp3) is 0.565. The molecule has 3 heterocycles. The van der Waals surface area contributed by atoms with E-state index < -0.39 is 5.25 Å². The van der Waals surface area contributed by atoms with E-state index in [4.69, 9.17) is 4.74 Å². The number of thioether (sulfide) groups is 1. The van der Waals surface area contributed by atoms with E-state index in [2.05, 4.69) is 32.3 Å². The van der Waals surface area contributed by atoms with E-state index in [0.29, 0.717) is 17.8 Å². The van der Waals surface area contributed by atoms with E-state index in [0.717, 1.165) is 57.4 Å². The molecule has 2 unspecified atom stereocenters. The predicted octanol–water partition coefficient (Wildman–Crippen LogP) is 1.56. The maximum absolute atomic E-state index is 12.5. The van der Waals surface area contributed by atoms with Crippen molar-refractivity contribution in [1.82, 2.24) is 15.1 Å². The quantitative estimate of drug-likeness (QED) is 0.619. The fourth-order valence-electron chi connectivity index (χ4n) is 4.13. The van der Waals surface area contributed by atoms with E-state index in [9.17, 15) is 14.4 Å².